The van der Waals surface area contributed by atoms with E-state index in [1.54, 1.807) is 7.11 Å². The highest BCUT2D eigenvalue weighted by Gasteiger charge is 2.35. The lowest BCUT2D eigenvalue weighted by Gasteiger charge is -2.34. The van der Waals surface area contributed by atoms with Gasteiger partial charge in [0.25, 0.3) is 0 Å². The molecule has 0 aromatic rings. The van der Waals surface area contributed by atoms with Crippen molar-refractivity contribution in [1.82, 2.24) is 10.2 Å². The Balaban J connectivity index is 2.51. The maximum Gasteiger partial charge on any atom is 0.317 e. The molecule has 1 atom stereocenters. The van der Waals surface area contributed by atoms with Crippen LogP contribution >= 0.6 is 0 Å². The number of hydrogen-bond acceptors (Lipinski definition) is 2. The number of hydrogen-bond donors (Lipinski definition) is 1. The molecule has 0 bridgehead atoms. The van der Waals surface area contributed by atoms with Crippen LogP contribution in [0.25, 0.3) is 0 Å². The molecule has 1 saturated heterocycles. The number of likely N-dealkylation sites (tertiary alicyclic amines) is 1. The first-order chi connectivity index (χ1) is 8.18. The van der Waals surface area contributed by atoms with Crippen LogP contribution in [0.15, 0.2) is 0 Å². The van der Waals surface area contributed by atoms with Gasteiger partial charge in [-0.25, -0.2) is 4.79 Å². The summed E-state index contributed by atoms with van der Waals surface area (Å²) >= 11 is 0. The van der Waals surface area contributed by atoms with E-state index in [0.29, 0.717) is 6.54 Å². The molecule has 0 spiro atoms. The van der Waals surface area contributed by atoms with E-state index in [0.717, 1.165) is 19.4 Å². The van der Waals surface area contributed by atoms with Crippen molar-refractivity contribution in [3.63, 3.8) is 0 Å². The molecule has 0 aromatic carbocycles. The van der Waals surface area contributed by atoms with Crippen LogP contribution in [0.5, 0.6) is 0 Å². The summed E-state index contributed by atoms with van der Waals surface area (Å²) in [6, 6.07) is 0.0313. The highest BCUT2D eigenvalue weighted by Crippen LogP contribution is 2.28. The molecule has 0 saturated carbocycles. The van der Waals surface area contributed by atoms with E-state index in [1.807, 2.05) is 4.90 Å². The van der Waals surface area contributed by atoms with E-state index in [9.17, 15) is 4.79 Å². The third-order valence-electron chi connectivity index (χ3n) is 3.84. The summed E-state index contributed by atoms with van der Waals surface area (Å²) < 4.78 is 5.45. The lowest BCUT2D eigenvalue weighted by Crippen LogP contribution is -2.50. The SMILES string of the molecule is COC(CNC(=O)N1CCCC1(C)C)C(C)(C)C. The average molecular weight is 256 g/mol. The van der Waals surface area contributed by atoms with Crippen molar-refractivity contribution in [3.05, 3.63) is 0 Å². The van der Waals surface area contributed by atoms with Crippen LogP contribution < -0.4 is 5.32 Å². The molecule has 1 fully saturated rings. The Hall–Kier alpha value is -0.770. The third kappa shape index (κ3) is 3.61. The Bertz CT molecular complexity index is 295. The van der Waals surface area contributed by atoms with Crippen LogP contribution in [-0.4, -0.2) is 42.8 Å². The normalized spacial score (nSPS) is 20.9. The summed E-state index contributed by atoms with van der Waals surface area (Å²) in [7, 11) is 1.70. The molecule has 0 aliphatic carbocycles. The van der Waals surface area contributed by atoms with Crippen molar-refractivity contribution in [2.24, 2.45) is 5.41 Å². The van der Waals surface area contributed by atoms with Crippen LogP contribution in [0, 0.1) is 5.41 Å². The van der Waals surface area contributed by atoms with E-state index < -0.39 is 0 Å². The highest BCUT2D eigenvalue weighted by molar-refractivity contribution is 5.75. The van der Waals surface area contributed by atoms with Crippen LogP contribution in [0.2, 0.25) is 0 Å². The highest BCUT2D eigenvalue weighted by atomic mass is 16.5. The molecule has 1 aliphatic rings. The average Bonchev–Trinajstić information content (AvgIpc) is 2.56. The molecule has 1 unspecified atom stereocenters. The van der Waals surface area contributed by atoms with Gasteiger partial charge >= 0.3 is 6.03 Å². The summed E-state index contributed by atoms with van der Waals surface area (Å²) in [6.07, 6.45) is 2.20. The Morgan fingerprint density at radius 2 is 2.06 bits per heavy atom. The minimum Gasteiger partial charge on any atom is -0.379 e. The minimum atomic E-state index is -0.0195. The van der Waals surface area contributed by atoms with Crippen LogP contribution in [0.3, 0.4) is 0 Å². The lowest BCUT2D eigenvalue weighted by atomic mass is 9.89. The van der Waals surface area contributed by atoms with Crippen molar-refractivity contribution in [2.45, 2.75) is 59.1 Å². The van der Waals surface area contributed by atoms with E-state index >= 15 is 0 Å². The zero-order valence-electron chi connectivity index (χ0n) is 12.7. The van der Waals surface area contributed by atoms with Crippen molar-refractivity contribution >= 4 is 6.03 Å². The molecule has 1 aliphatic heterocycles. The van der Waals surface area contributed by atoms with Gasteiger partial charge in [0.05, 0.1) is 6.10 Å². The fourth-order valence-electron chi connectivity index (χ4n) is 2.50. The van der Waals surface area contributed by atoms with Gasteiger partial charge in [0, 0.05) is 25.7 Å². The van der Waals surface area contributed by atoms with Gasteiger partial charge in [-0.05, 0) is 32.1 Å². The van der Waals surface area contributed by atoms with Crippen molar-refractivity contribution in [3.8, 4) is 0 Å². The number of urea groups is 1. The van der Waals surface area contributed by atoms with Gasteiger partial charge in [0.2, 0.25) is 0 Å². The first kappa shape index (κ1) is 15.3. The molecular weight excluding hydrogens is 228 g/mol. The topological polar surface area (TPSA) is 41.6 Å². The zero-order chi connectivity index (χ0) is 14.0. The van der Waals surface area contributed by atoms with Gasteiger partial charge in [-0.15, -0.1) is 0 Å². The number of nitrogens with zero attached hydrogens (tertiary/aromatic N) is 1. The fraction of sp³-hybridized carbons (Fsp3) is 0.929. The van der Waals surface area contributed by atoms with Gasteiger partial charge in [0.1, 0.15) is 0 Å². The maximum atomic E-state index is 12.2. The molecule has 4 nitrogen and oxygen atoms in total. The summed E-state index contributed by atoms with van der Waals surface area (Å²) in [5, 5.41) is 3.00. The second kappa shape index (κ2) is 5.47. The molecule has 0 radical (unpaired) electrons. The first-order valence-corrected chi connectivity index (χ1v) is 6.77. The van der Waals surface area contributed by atoms with Gasteiger partial charge < -0.3 is 15.0 Å². The summed E-state index contributed by atoms with van der Waals surface area (Å²) in [5.41, 5.74) is 0.0109. The maximum absolute atomic E-state index is 12.2. The fourth-order valence-corrected chi connectivity index (χ4v) is 2.50. The van der Waals surface area contributed by atoms with E-state index in [1.165, 1.54) is 0 Å². The zero-order valence-corrected chi connectivity index (χ0v) is 12.7. The second-order valence-corrected chi connectivity index (χ2v) is 6.84. The van der Waals surface area contributed by atoms with E-state index in [2.05, 4.69) is 39.9 Å². The minimum absolute atomic E-state index is 0.0195. The molecule has 18 heavy (non-hydrogen) atoms. The Morgan fingerprint density at radius 3 is 2.44 bits per heavy atom. The monoisotopic (exact) mass is 256 g/mol. The standard InChI is InChI=1S/C14H28N2O2/c1-13(2,3)11(18-6)10-15-12(17)16-9-7-8-14(16,4)5/h11H,7-10H2,1-6H3,(H,15,17). The van der Waals surface area contributed by atoms with Gasteiger partial charge in [0.15, 0.2) is 0 Å². The number of rotatable bonds is 3. The Kier molecular flexibility index (Phi) is 4.65. The van der Waals surface area contributed by atoms with E-state index in [4.69, 9.17) is 4.74 Å². The summed E-state index contributed by atoms with van der Waals surface area (Å²) in [4.78, 5) is 14.1. The van der Waals surface area contributed by atoms with Gasteiger partial charge in [-0.2, -0.15) is 0 Å². The number of nitrogens with one attached hydrogen (secondary N) is 1. The molecule has 4 heteroatoms. The molecule has 1 N–H and O–H groups in total. The largest absolute Gasteiger partial charge is 0.379 e. The van der Waals surface area contributed by atoms with Crippen LogP contribution in [0.1, 0.15) is 47.5 Å². The predicted molar refractivity (Wildman–Crippen MR) is 73.7 cm³/mol. The van der Waals surface area contributed by atoms with Crippen molar-refractivity contribution in [2.75, 3.05) is 20.2 Å². The number of ether oxygens (including phenoxy) is 1. The molecular formula is C14H28N2O2. The molecule has 0 aromatic heterocycles. The second-order valence-electron chi connectivity index (χ2n) is 6.84. The van der Waals surface area contributed by atoms with E-state index in [-0.39, 0.29) is 23.1 Å². The molecule has 1 heterocycles. The molecule has 1 rings (SSSR count). The Labute approximate surface area is 111 Å². The number of amides is 2. The van der Waals surface area contributed by atoms with Gasteiger partial charge in [-0.3, -0.25) is 0 Å². The number of carbonyl (C=O) groups excluding carboxylic acids is 1. The summed E-state index contributed by atoms with van der Waals surface area (Å²) in [6.45, 7) is 12.0. The van der Waals surface area contributed by atoms with Gasteiger partial charge in [-0.1, -0.05) is 20.8 Å². The quantitative estimate of drug-likeness (QED) is 0.843. The van der Waals surface area contributed by atoms with Crippen molar-refractivity contribution < 1.29 is 9.53 Å². The lowest BCUT2D eigenvalue weighted by molar-refractivity contribution is 0.0180. The number of carbonyl (C=O) groups is 1. The smallest absolute Gasteiger partial charge is 0.317 e. The predicted octanol–water partition coefficient (Wildman–Crippen LogP) is 2.63. The van der Waals surface area contributed by atoms with Crippen molar-refractivity contribution in [1.29, 1.82) is 0 Å². The third-order valence-corrected chi connectivity index (χ3v) is 3.84. The number of methoxy groups -OCH3 is 1. The van der Waals surface area contributed by atoms with Crippen LogP contribution in [0.4, 0.5) is 4.79 Å². The van der Waals surface area contributed by atoms with Crippen LogP contribution in [-0.2, 0) is 4.74 Å². The molecule has 2 amide bonds. The summed E-state index contributed by atoms with van der Waals surface area (Å²) in [5.74, 6) is 0. The Morgan fingerprint density at radius 1 is 1.44 bits per heavy atom. The molecule has 106 valence electrons. The first-order valence-electron chi connectivity index (χ1n) is 6.77.